The van der Waals surface area contributed by atoms with Gasteiger partial charge in [0.1, 0.15) is 5.75 Å². The summed E-state index contributed by atoms with van der Waals surface area (Å²) in [4.78, 5) is 0. The van der Waals surface area contributed by atoms with Crippen LogP contribution in [0.3, 0.4) is 0 Å². The molecule has 0 saturated heterocycles. The van der Waals surface area contributed by atoms with Crippen molar-refractivity contribution in [3.63, 3.8) is 0 Å². The predicted octanol–water partition coefficient (Wildman–Crippen LogP) is 4.04. The van der Waals surface area contributed by atoms with E-state index in [2.05, 4.69) is 13.0 Å². The van der Waals surface area contributed by atoms with E-state index in [1.807, 2.05) is 12.1 Å². The third kappa shape index (κ3) is 2.85. The Morgan fingerprint density at radius 2 is 2.11 bits per heavy atom. The van der Waals surface area contributed by atoms with E-state index in [-0.39, 0.29) is 5.41 Å². The fourth-order valence-corrected chi connectivity index (χ4v) is 3.14. The second-order valence-corrected chi connectivity index (χ2v) is 5.61. The molecule has 0 heterocycles. The molecule has 1 N–H and O–H groups in total. The second kappa shape index (κ2) is 5.44. The lowest BCUT2D eigenvalue weighted by molar-refractivity contribution is 0.194. The highest BCUT2D eigenvalue weighted by molar-refractivity contribution is 5.27. The van der Waals surface area contributed by atoms with Crippen LogP contribution in [0.25, 0.3) is 0 Å². The molecule has 2 unspecified atom stereocenters. The van der Waals surface area contributed by atoms with Gasteiger partial charge in [-0.3, -0.25) is 0 Å². The van der Waals surface area contributed by atoms with Crippen molar-refractivity contribution in [3.05, 3.63) is 29.8 Å². The average molecular weight is 243 g/mol. The molecule has 1 aromatic rings. The van der Waals surface area contributed by atoms with E-state index in [0.29, 0.717) is 11.7 Å². The highest BCUT2D eigenvalue weighted by Crippen LogP contribution is 2.42. The van der Waals surface area contributed by atoms with Crippen LogP contribution in [-0.2, 0) is 6.42 Å². The lowest BCUT2D eigenvalue weighted by atomic mass is 9.67. The summed E-state index contributed by atoms with van der Waals surface area (Å²) in [6.07, 6.45) is 6.49. The fourth-order valence-electron chi connectivity index (χ4n) is 3.14. The number of rotatable bonds is 3. The summed E-state index contributed by atoms with van der Waals surface area (Å²) in [6.45, 7) is 2.22. The topological polar surface area (TPSA) is 44.0 Å². The molecule has 1 fully saturated rings. The first-order chi connectivity index (χ1) is 8.67. The standard InChI is InChI=1S/C16H21NO/c1-2-13-4-3-9-16(10-13,12-17)11-14-5-7-15(18)8-6-14/h5-8,13,18H,2-4,9-11H2,1H3. The maximum Gasteiger partial charge on any atom is 0.115 e. The minimum atomic E-state index is -0.185. The maximum absolute atomic E-state index is 9.57. The van der Waals surface area contributed by atoms with Crippen molar-refractivity contribution in [1.29, 1.82) is 5.26 Å². The lowest BCUT2D eigenvalue weighted by Gasteiger charge is -2.35. The molecule has 2 rings (SSSR count). The van der Waals surface area contributed by atoms with Crippen molar-refractivity contribution < 1.29 is 5.11 Å². The van der Waals surface area contributed by atoms with Gasteiger partial charge in [0.25, 0.3) is 0 Å². The smallest absolute Gasteiger partial charge is 0.115 e. The van der Waals surface area contributed by atoms with Gasteiger partial charge < -0.3 is 5.11 Å². The van der Waals surface area contributed by atoms with Gasteiger partial charge in [0, 0.05) is 0 Å². The molecule has 2 atom stereocenters. The average Bonchev–Trinajstić information content (AvgIpc) is 2.42. The molecule has 1 aliphatic rings. The third-order valence-electron chi connectivity index (χ3n) is 4.24. The Kier molecular flexibility index (Phi) is 3.91. The Hall–Kier alpha value is -1.49. The zero-order chi connectivity index (χ0) is 13.0. The monoisotopic (exact) mass is 243 g/mol. The Morgan fingerprint density at radius 1 is 1.39 bits per heavy atom. The van der Waals surface area contributed by atoms with Crippen molar-refractivity contribution in [2.24, 2.45) is 11.3 Å². The largest absolute Gasteiger partial charge is 0.508 e. The number of nitrogens with zero attached hydrogens (tertiary/aromatic N) is 1. The van der Waals surface area contributed by atoms with Crippen LogP contribution < -0.4 is 0 Å². The first-order valence-corrected chi connectivity index (χ1v) is 6.86. The second-order valence-electron chi connectivity index (χ2n) is 5.61. The van der Waals surface area contributed by atoms with Gasteiger partial charge in [-0.05, 0) is 42.9 Å². The molecule has 0 spiro atoms. The van der Waals surface area contributed by atoms with Crippen LogP contribution >= 0.6 is 0 Å². The van der Waals surface area contributed by atoms with Crippen LogP contribution in [0.4, 0.5) is 0 Å². The summed E-state index contributed by atoms with van der Waals surface area (Å²) in [5.41, 5.74) is 0.974. The van der Waals surface area contributed by atoms with E-state index < -0.39 is 0 Å². The van der Waals surface area contributed by atoms with E-state index in [4.69, 9.17) is 0 Å². The van der Waals surface area contributed by atoms with Crippen molar-refractivity contribution in [2.45, 2.75) is 45.4 Å². The third-order valence-corrected chi connectivity index (χ3v) is 4.24. The first-order valence-electron chi connectivity index (χ1n) is 6.86. The summed E-state index contributed by atoms with van der Waals surface area (Å²) < 4.78 is 0. The highest BCUT2D eigenvalue weighted by atomic mass is 16.3. The van der Waals surface area contributed by atoms with Gasteiger partial charge in [0.2, 0.25) is 0 Å². The molecule has 0 aromatic heterocycles. The zero-order valence-corrected chi connectivity index (χ0v) is 11.0. The van der Waals surface area contributed by atoms with E-state index in [1.54, 1.807) is 12.1 Å². The molecule has 0 aliphatic heterocycles. The van der Waals surface area contributed by atoms with Crippen LogP contribution in [0.5, 0.6) is 5.75 Å². The Labute approximate surface area is 109 Å². The van der Waals surface area contributed by atoms with Gasteiger partial charge >= 0.3 is 0 Å². The molecular weight excluding hydrogens is 222 g/mol. The number of phenols is 1. The molecule has 0 radical (unpaired) electrons. The Balaban J connectivity index is 2.13. The van der Waals surface area contributed by atoms with Gasteiger partial charge in [0.05, 0.1) is 11.5 Å². The number of nitriles is 1. The summed E-state index contributed by atoms with van der Waals surface area (Å²) in [5, 5.41) is 18.9. The minimum absolute atomic E-state index is 0.185. The normalized spacial score (nSPS) is 27.7. The van der Waals surface area contributed by atoms with Gasteiger partial charge in [0.15, 0.2) is 0 Å². The number of benzene rings is 1. The first kappa shape index (κ1) is 13.0. The van der Waals surface area contributed by atoms with E-state index in [0.717, 1.165) is 24.8 Å². The van der Waals surface area contributed by atoms with E-state index >= 15 is 0 Å². The molecule has 96 valence electrons. The molecule has 1 aliphatic carbocycles. The molecule has 2 heteroatoms. The molecule has 2 nitrogen and oxygen atoms in total. The molecular formula is C16H21NO. The Bertz CT molecular complexity index is 431. The molecule has 0 amide bonds. The van der Waals surface area contributed by atoms with Crippen molar-refractivity contribution in [3.8, 4) is 11.8 Å². The van der Waals surface area contributed by atoms with Gasteiger partial charge in [-0.25, -0.2) is 0 Å². The van der Waals surface area contributed by atoms with E-state index in [1.165, 1.54) is 19.3 Å². The molecule has 0 bridgehead atoms. The molecule has 18 heavy (non-hydrogen) atoms. The van der Waals surface area contributed by atoms with Crippen LogP contribution in [0.2, 0.25) is 0 Å². The van der Waals surface area contributed by atoms with Gasteiger partial charge in [-0.1, -0.05) is 38.3 Å². The molecule has 1 saturated carbocycles. The Morgan fingerprint density at radius 3 is 2.72 bits per heavy atom. The summed E-state index contributed by atoms with van der Waals surface area (Å²) in [6, 6.07) is 9.87. The maximum atomic E-state index is 9.57. The van der Waals surface area contributed by atoms with Crippen molar-refractivity contribution >= 4 is 0 Å². The zero-order valence-electron chi connectivity index (χ0n) is 11.0. The van der Waals surface area contributed by atoms with Crippen LogP contribution in [0.15, 0.2) is 24.3 Å². The SMILES string of the molecule is CCC1CCCC(C#N)(Cc2ccc(O)cc2)C1. The lowest BCUT2D eigenvalue weighted by Crippen LogP contribution is -2.29. The van der Waals surface area contributed by atoms with E-state index in [9.17, 15) is 10.4 Å². The minimum Gasteiger partial charge on any atom is -0.508 e. The quantitative estimate of drug-likeness (QED) is 0.870. The number of hydrogen-bond acceptors (Lipinski definition) is 2. The van der Waals surface area contributed by atoms with Crippen LogP contribution in [0, 0.1) is 22.7 Å². The number of phenolic OH excluding ortho intramolecular Hbond substituents is 1. The summed E-state index contributed by atoms with van der Waals surface area (Å²) in [5.74, 6) is 0.996. The number of hydrogen-bond donors (Lipinski definition) is 1. The summed E-state index contributed by atoms with van der Waals surface area (Å²) >= 11 is 0. The van der Waals surface area contributed by atoms with Gasteiger partial charge in [-0.2, -0.15) is 5.26 Å². The summed E-state index contributed by atoms with van der Waals surface area (Å²) in [7, 11) is 0. The van der Waals surface area contributed by atoms with Crippen LogP contribution in [0.1, 0.15) is 44.6 Å². The van der Waals surface area contributed by atoms with Crippen molar-refractivity contribution in [2.75, 3.05) is 0 Å². The predicted molar refractivity (Wildman–Crippen MR) is 72.1 cm³/mol. The van der Waals surface area contributed by atoms with Crippen LogP contribution in [-0.4, -0.2) is 5.11 Å². The van der Waals surface area contributed by atoms with Crippen molar-refractivity contribution in [1.82, 2.24) is 0 Å². The highest BCUT2D eigenvalue weighted by Gasteiger charge is 2.35. The molecule has 1 aromatic carbocycles. The number of aromatic hydroxyl groups is 1. The fraction of sp³-hybridized carbons (Fsp3) is 0.562. The van der Waals surface area contributed by atoms with Gasteiger partial charge in [-0.15, -0.1) is 0 Å².